The van der Waals surface area contributed by atoms with Crippen molar-refractivity contribution < 1.29 is 9.47 Å². The smallest absolute Gasteiger partial charge is 0.140 e. The van der Waals surface area contributed by atoms with Crippen molar-refractivity contribution in [3.8, 4) is 0 Å². The van der Waals surface area contributed by atoms with E-state index < -0.39 is 0 Å². The van der Waals surface area contributed by atoms with Crippen molar-refractivity contribution >= 4 is 5.82 Å². The highest BCUT2D eigenvalue weighted by atomic mass is 16.6. The number of aromatic nitrogens is 1. The zero-order valence-electron chi connectivity index (χ0n) is 7.77. The van der Waals surface area contributed by atoms with Crippen LogP contribution in [0.5, 0.6) is 0 Å². The molecule has 2 heterocycles. The Balaban J connectivity index is 1.87. The fraction of sp³-hybridized carbons (Fsp3) is 0.444. The number of pyridine rings is 1. The quantitative estimate of drug-likeness (QED) is 0.533. The number of nitrogens with two attached hydrogens (primary N) is 1. The number of hydrazine groups is 1. The SMILES string of the molecule is NNc1cccc(COC2COC2)n1. The van der Waals surface area contributed by atoms with Gasteiger partial charge >= 0.3 is 0 Å². The standard InChI is InChI=1S/C9H13N3O2/c10-12-9-3-1-2-7(11-9)4-14-8-5-13-6-8/h1-3,8H,4-6,10H2,(H,11,12). The molecule has 1 aromatic heterocycles. The van der Waals surface area contributed by atoms with Gasteiger partial charge in [-0.15, -0.1) is 0 Å². The molecule has 1 saturated heterocycles. The van der Waals surface area contributed by atoms with E-state index in [1.54, 1.807) is 6.07 Å². The Morgan fingerprint density at radius 3 is 3.07 bits per heavy atom. The van der Waals surface area contributed by atoms with Crippen molar-refractivity contribution in [2.24, 2.45) is 5.84 Å². The van der Waals surface area contributed by atoms with Gasteiger partial charge in [0.2, 0.25) is 0 Å². The molecule has 1 aliphatic rings. The molecule has 1 fully saturated rings. The minimum Gasteiger partial charge on any atom is -0.376 e. The first-order valence-corrected chi connectivity index (χ1v) is 4.50. The molecule has 2 rings (SSSR count). The second-order valence-corrected chi connectivity index (χ2v) is 3.13. The van der Waals surface area contributed by atoms with E-state index >= 15 is 0 Å². The van der Waals surface area contributed by atoms with E-state index in [2.05, 4.69) is 10.4 Å². The lowest BCUT2D eigenvalue weighted by molar-refractivity contribution is -0.135. The monoisotopic (exact) mass is 195 g/mol. The van der Waals surface area contributed by atoms with E-state index in [0.29, 0.717) is 25.6 Å². The average molecular weight is 195 g/mol. The predicted octanol–water partition coefficient (Wildman–Crippen LogP) is 0.283. The molecule has 5 heteroatoms. The molecule has 0 atom stereocenters. The number of anilines is 1. The molecule has 3 N–H and O–H groups in total. The topological polar surface area (TPSA) is 69.4 Å². The number of nitrogens with one attached hydrogen (secondary N) is 1. The maximum Gasteiger partial charge on any atom is 0.140 e. The maximum absolute atomic E-state index is 5.51. The largest absolute Gasteiger partial charge is 0.376 e. The summed E-state index contributed by atoms with van der Waals surface area (Å²) in [6, 6.07) is 5.59. The lowest BCUT2D eigenvalue weighted by Gasteiger charge is -2.25. The third kappa shape index (κ3) is 2.20. The normalized spacial score (nSPS) is 16.4. The first-order valence-electron chi connectivity index (χ1n) is 4.50. The number of hydrogen-bond donors (Lipinski definition) is 2. The van der Waals surface area contributed by atoms with Crippen LogP contribution in [0.15, 0.2) is 18.2 Å². The molecule has 0 saturated carbocycles. The number of nitrogen functional groups attached to an aromatic ring is 1. The summed E-state index contributed by atoms with van der Waals surface area (Å²) >= 11 is 0. The molecule has 1 aliphatic heterocycles. The van der Waals surface area contributed by atoms with E-state index in [1.165, 1.54) is 0 Å². The second-order valence-electron chi connectivity index (χ2n) is 3.13. The predicted molar refractivity (Wildman–Crippen MR) is 51.4 cm³/mol. The van der Waals surface area contributed by atoms with Crippen molar-refractivity contribution in [1.29, 1.82) is 0 Å². The van der Waals surface area contributed by atoms with Gasteiger partial charge in [0.05, 0.1) is 25.5 Å². The van der Waals surface area contributed by atoms with Gasteiger partial charge in [-0.2, -0.15) is 0 Å². The van der Waals surface area contributed by atoms with Crippen LogP contribution in [0.4, 0.5) is 5.82 Å². The average Bonchev–Trinajstić information content (AvgIpc) is 2.16. The summed E-state index contributed by atoms with van der Waals surface area (Å²) in [5.74, 6) is 5.89. The minimum absolute atomic E-state index is 0.228. The molecule has 0 unspecified atom stereocenters. The van der Waals surface area contributed by atoms with Crippen molar-refractivity contribution in [2.75, 3.05) is 18.6 Å². The van der Waals surface area contributed by atoms with Gasteiger partial charge in [0.1, 0.15) is 11.9 Å². The Hall–Kier alpha value is -1.17. The Kier molecular flexibility index (Phi) is 2.93. The fourth-order valence-corrected chi connectivity index (χ4v) is 1.15. The first-order chi connectivity index (χ1) is 6.88. The third-order valence-electron chi connectivity index (χ3n) is 2.03. The molecule has 14 heavy (non-hydrogen) atoms. The molecular formula is C9H13N3O2. The fourth-order valence-electron chi connectivity index (χ4n) is 1.15. The number of rotatable bonds is 4. The van der Waals surface area contributed by atoms with Crippen molar-refractivity contribution in [2.45, 2.75) is 12.7 Å². The van der Waals surface area contributed by atoms with E-state index in [1.807, 2.05) is 12.1 Å². The third-order valence-corrected chi connectivity index (χ3v) is 2.03. The van der Waals surface area contributed by atoms with Gasteiger partial charge in [-0.1, -0.05) is 6.07 Å². The highest BCUT2D eigenvalue weighted by Gasteiger charge is 2.18. The summed E-state index contributed by atoms with van der Waals surface area (Å²) < 4.78 is 10.5. The van der Waals surface area contributed by atoms with Gasteiger partial charge in [-0.3, -0.25) is 0 Å². The second kappa shape index (κ2) is 4.36. The van der Waals surface area contributed by atoms with Crippen LogP contribution in [0.3, 0.4) is 0 Å². The van der Waals surface area contributed by atoms with Crippen LogP contribution >= 0.6 is 0 Å². The highest BCUT2D eigenvalue weighted by Crippen LogP contribution is 2.10. The molecule has 1 aromatic rings. The van der Waals surface area contributed by atoms with Crippen LogP contribution in [0.2, 0.25) is 0 Å². The zero-order valence-corrected chi connectivity index (χ0v) is 7.77. The van der Waals surface area contributed by atoms with Crippen LogP contribution in [-0.2, 0) is 16.1 Å². The van der Waals surface area contributed by atoms with Crippen LogP contribution < -0.4 is 11.3 Å². The number of hydrogen-bond acceptors (Lipinski definition) is 5. The van der Waals surface area contributed by atoms with Gasteiger partial charge in [0, 0.05) is 0 Å². The van der Waals surface area contributed by atoms with Crippen molar-refractivity contribution in [3.05, 3.63) is 23.9 Å². The van der Waals surface area contributed by atoms with E-state index in [4.69, 9.17) is 15.3 Å². The Morgan fingerprint density at radius 1 is 1.57 bits per heavy atom. The molecule has 0 spiro atoms. The Labute approximate surface area is 82.2 Å². The van der Waals surface area contributed by atoms with Crippen LogP contribution in [-0.4, -0.2) is 24.3 Å². The van der Waals surface area contributed by atoms with Crippen LogP contribution in [0.25, 0.3) is 0 Å². The molecule has 0 bridgehead atoms. The molecule has 0 aromatic carbocycles. The van der Waals surface area contributed by atoms with Gasteiger partial charge in [0.15, 0.2) is 0 Å². The van der Waals surface area contributed by atoms with Gasteiger partial charge < -0.3 is 14.9 Å². The van der Waals surface area contributed by atoms with Gasteiger partial charge in [-0.05, 0) is 12.1 Å². The van der Waals surface area contributed by atoms with E-state index in [9.17, 15) is 0 Å². The summed E-state index contributed by atoms with van der Waals surface area (Å²) in [4.78, 5) is 4.22. The van der Waals surface area contributed by atoms with Crippen LogP contribution in [0, 0.1) is 0 Å². The molecule has 0 radical (unpaired) electrons. The zero-order chi connectivity index (χ0) is 9.80. The lowest BCUT2D eigenvalue weighted by atomic mass is 10.3. The molecule has 0 aliphatic carbocycles. The minimum atomic E-state index is 0.228. The van der Waals surface area contributed by atoms with Gasteiger partial charge in [-0.25, -0.2) is 10.8 Å². The van der Waals surface area contributed by atoms with Crippen molar-refractivity contribution in [1.82, 2.24) is 4.98 Å². The molecule has 76 valence electrons. The molecule has 5 nitrogen and oxygen atoms in total. The first kappa shape index (κ1) is 9.39. The van der Waals surface area contributed by atoms with Crippen LogP contribution in [0.1, 0.15) is 5.69 Å². The number of nitrogens with zero attached hydrogens (tertiary/aromatic N) is 1. The summed E-state index contributed by atoms with van der Waals surface area (Å²) in [6.07, 6.45) is 0.228. The van der Waals surface area contributed by atoms with Gasteiger partial charge in [0.25, 0.3) is 0 Å². The van der Waals surface area contributed by atoms with Crippen molar-refractivity contribution in [3.63, 3.8) is 0 Å². The summed E-state index contributed by atoms with van der Waals surface area (Å²) in [5, 5.41) is 0. The summed E-state index contributed by atoms with van der Waals surface area (Å²) in [5.41, 5.74) is 3.36. The Morgan fingerprint density at radius 2 is 2.43 bits per heavy atom. The van der Waals surface area contributed by atoms with E-state index in [0.717, 1.165) is 5.69 Å². The molecular weight excluding hydrogens is 182 g/mol. The summed E-state index contributed by atoms with van der Waals surface area (Å²) in [7, 11) is 0. The Bertz CT molecular complexity index is 302. The highest BCUT2D eigenvalue weighted by molar-refractivity contribution is 5.33. The molecule has 0 amide bonds. The summed E-state index contributed by atoms with van der Waals surface area (Å²) in [6.45, 7) is 1.88. The lowest BCUT2D eigenvalue weighted by Crippen LogP contribution is -2.35. The maximum atomic E-state index is 5.51. The van der Waals surface area contributed by atoms with E-state index in [-0.39, 0.29) is 6.10 Å². The number of ether oxygens (including phenoxy) is 2.